The van der Waals surface area contributed by atoms with Crippen molar-refractivity contribution in [2.75, 3.05) is 29.6 Å². The van der Waals surface area contributed by atoms with Crippen molar-refractivity contribution in [3.8, 4) is 0 Å². The van der Waals surface area contributed by atoms with E-state index >= 15 is 0 Å². The summed E-state index contributed by atoms with van der Waals surface area (Å²) in [5.74, 6) is 0.123. The van der Waals surface area contributed by atoms with Gasteiger partial charge in [0.1, 0.15) is 9.84 Å². The van der Waals surface area contributed by atoms with Crippen molar-refractivity contribution in [1.82, 2.24) is 0 Å². The number of anilines is 1. The summed E-state index contributed by atoms with van der Waals surface area (Å²) < 4.78 is 45.7. The van der Waals surface area contributed by atoms with E-state index in [0.29, 0.717) is 18.7 Å². The molecule has 0 fully saturated rings. The number of hydrogen-bond donors (Lipinski definition) is 1. The predicted molar refractivity (Wildman–Crippen MR) is 77.0 cm³/mol. The van der Waals surface area contributed by atoms with Gasteiger partial charge in [0, 0.05) is 12.8 Å². The fraction of sp³-hybridized carbons (Fsp3) is 0.500. The first-order valence-corrected chi connectivity index (χ1v) is 9.71. The van der Waals surface area contributed by atoms with E-state index in [9.17, 15) is 16.8 Å². The Bertz CT molecular complexity index is 621. The lowest BCUT2D eigenvalue weighted by Crippen LogP contribution is -2.12. The standard InChI is InChI=1S/C12H19NO4S2/c1-3-19(16,17)12-8-5-4-7-11(12)13-9-6-10-18(2,14)15/h4-5,7-8,13H,3,6,9-10H2,1-2H3. The molecule has 0 saturated carbocycles. The second kappa shape index (κ2) is 6.38. The number of para-hydroxylation sites is 1. The lowest BCUT2D eigenvalue weighted by molar-refractivity contribution is 0.596. The van der Waals surface area contributed by atoms with Crippen LogP contribution in [0.25, 0.3) is 0 Å². The Morgan fingerprint density at radius 2 is 1.74 bits per heavy atom. The molecule has 0 aromatic heterocycles. The monoisotopic (exact) mass is 305 g/mol. The topological polar surface area (TPSA) is 80.3 Å². The highest BCUT2D eigenvalue weighted by Gasteiger charge is 2.15. The van der Waals surface area contributed by atoms with Crippen molar-refractivity contribution in [3.05, 3.63) is 24.3 Å². The minimum Gasteiger partial charge on any atom is -0.384 e. The molecular weight excluding hydrogens is 286 g/mol. The Hall–Kier alpha value is -1.08. The highest BCUT2D eigenvalue weighted by Crippen LogP contribution is 2.21. The van der Waals surface area contributed by atoms with Crippen molar-refractivity contribution in [2.45, 2.75) is 18.2 Å². The van der Waals surface area contributed by atoms with Gasteiger partial charge in [-0.2, -0.15) is 0 Å². The molecule has 0 aliphatic carbocycles. The maximum atomic E-state index is 11.9. The molecule has 0 bridgehead atoms. The van der Waals surface area contributed by atoms with Gasteiger partial charge < -0.3 is 5.32 Å². The molecule has 0 spiro atoms. The molecule has 108 valence electrons. The summed E-state index contributed by atoms with van der Waals surface area (Å²) in [6.45, 7) is 2.01. The third-order valence-electron chi connectivity index (χ3n) is 2.61. The number of sulfone groups is 2. The van der Waals surface area contributed by atoms with Crippen molar-refractivity contribution < 1.29 is 16.8 Å². The molecule has 0 amide bonds. The SMILES string of the molecule is CCS(=O)(=O)c1ccccc1NCCCS(C)(=O)=O. The van der Waals surface area contributed by atoms with Gasteiger partial charge >= 0.3 is 0 Å². The highest BCUT2D eigenvalue weighted by atomic mass is 32.2. The van der Waals surface area contributed by atoms with E-state index < -0.39 is 19.7 Å². The molecule has 7 heteroatoms. The second-order valence-electron chi connectivity index (χ2n) is 4.31. The van der Waals surface area contributed by atoms with E-state index in [0.717, 1.165) is 0 Å². The van der Waals surface area contributed by atoms with E-state index in [4.69, 9.17) is 0 Å². The Kier molecular flexibility index (Phi) is 5.37. The molecule has 0 radical (unpaired) electrons. The van der Waals surface area contributed by atoms with Crippen molar-refractivity contribution >= 4 is 25.4 Å². The number of nitrogens with one attached hydrogen (secondary N) is 1. The van der Waals surface area contributed by atoms with Gasteiger partial charge in [-0.25, -0.2) is 16.8 Å². The largest absolute Gasteiger partial charge is 0.384 e. The first-order valence-electron chi connectivity index (χ1n) is 5.99. The molecule has 0 atom stereocenters. The summed E-state index contributed by atoms with van der Waals surface area (Å²) in [7, 11) is -6.26. The zero-order valence-electron chi connectivity index (χ0n) is 11.1. The average Bonchev–Trinajstić information content (AvgIpc) is 2.34. The van der Waals surface area contributed by atoms with E-state index in [2.05, 4.69) is 5.32 Å². The first-order chi connectivity index (χ1) is 8.76. The van der Waals surface area contributed by atoms with Gasteiger partial charge in [-0.05, 0) is 18.6 Å². The van der Waals surface area contributed by atoms with Gasteiger partial charge in [-0.15, -0.1) is 0 Å². The zero-order valence-corrected chi connectivity index (χ0v) is 12.7. The molecule has 1 N–H and O–H groups in total. The molecule has 19 heavy (non-hydrogen) atoms. The summed E-state index contributed by atoms with van der Waals surface area (Å²) in [5, 5.41) is 2.98. The molecule has 1 rings (SSSR count). The Labute approximate surface area is 114 Å². The lowest BCUT2D eigenvalue weighted by atomic mass is 10.3. The van der Waals surface area contributed by atoms with E-state index in [1.165, 1.54) is 6.26 Å². The zero-order chi connectivity index (χ0) is 14.5. The number of rotatable bonds is 7. The number of benzene rings is 1. The summed E-state index contributed by atoms with van der Waals surface area (Å²) in [6.07, 6.45) is 1.63. The van der Waals surface area contributed by atoms with Gasteiger partial charge in [-0.3, -0.25) is 0 Å². The van der Waals surface area contributed by atoms with E-state index in [1.54, 1.807) is 31.2 Å². The minimum atomic E-state index is -3.28. The van der Waals surface area contributed by atoms with Crippen LogP contribution in [0.5, 0.6) is 0 Å². The summed E-state index contributed by atoms with van der Waals surface area (Å²) in [5.41, 5.74) is 0.526. The lowest BCUT2D eigenvalue weighted by Gasteiger charge is -2.11. The Balaban J connectivity index is 2.75. The van der Waals surface area contributed by atoms with E-state index in [-0.39, 0.29) is 16.4 Å². The van der Waals surface area contributed by atoms with Gasteiger partial charge in [0.15, 0.2) is 9.84 Å². The molecule has 0 unspecified atom stereocenters. The fourth-order valence-electron chi connectivity index (χ4n) is 1.60. The van der Waals surface area contributed by atoms with Crippen LogP contribution in [0.2, 0.25) is 0 Å². The van der Waals surface area contributed by atoms with Gasteiger partial charge in [0.25, 0.3) is 0 Å². The Morgan fingerprint density at radius 1 is 1.11 bits per heavy atom. The summed E-state index contributed by atoms with van der Waals surface area (Å²) in [4.78, 5) is 0.261. The maximum Gasteiger partial charge on any atom is 0.180 e. The van der Waals surface area contributed by atoms with Crippen LogP contribution in [-0.2, 0) is 19.7 Å². The molecule has 0 aliphatic heterocycles. The third kappa shape index (κ3) is 5.20. The van der Waals surface area contributed by atoms with Crippen molar-refractivity contribution in [3.63, 3.8) is 0 Å². The summed E-state index contributed by atoms with van der Waals surface area (Å²) >= 11 is 0. The predicted octanol–water partition coefficient (Wildman–Crippen LogP) is 1.33. The van der Waals surface area contributed by atoms with Crippen LogP contribution < -0.4 is 5.32 Å². The van der Waals surface area contributed by atoms with Crippen molar-refractivity contribution in [2.24, 2.45) is 0 Å². The molecule has 5 nitrogen and oxygen atoms in total. The quantitative estimate of drug-likeness (QED) is 0.769. The van der Waals surface area contributed by atoms with Crippen LogP contribution in [0, 0.1) is 0 Å². The van der Waals surface area contributed by atoms with Gasteiger partial charge in [-0.1, -0.05) is 19.1 Å². The smallest absolute Gasteiger partial charge is 0.180 e. The minimum absolute atomic E-state index is 0.0367. The van der Waals surface area contributed by atoms with Crippen LogP contribution >= 0.6 is 0 Å². The highest BCUT2D eigenvalue weighted by molar-refractivity contribution is 7.91. The molecule has 1 aromatic carbocycles. The fourth-order valence-corrected chi connectivity index (χ4v) is 3.34. The average molecular weight is 305 g/mol. The van der Waals surface area contributed by atoms with Crippen LogP contribution in [0.1, 0.15) is 13.3 Å². The van der Waals surface area contributed by atoms with Crippen molar-refractivity contribution in [1.29, 1.82) is 0 Å². The normalized spacial score (nSPS) is 12.3. The van der Waals surface area contributed by atoms with Crippen LogP contribution in [-0.4, -0.2) is 41.1 Å². The third-order valence-corrected chi connectivity index (χ3v) is 5.43. The first kappa shape index (κ1) is 16.0. The molecule has 1 aromatic rings. The second-order valence-corrected chi connectivity index (χ2v) is 8.82. The number of hydrogen-bond acceptors (Lipinski definition) is 5. The summed E-state index contributed by atoms with van der Waals surface area (Å²) in [6, 6.07) is 6.65. The van der Waals surface area contributed by atoms with Crippen LogP contribution in [0.3, 0.4) is 0 Å². The van der Waals surface area contributed by atoms with Gasteiger partial charge in [0.05, 0.1) is 22.1 Å². The van der Waals surface area contributed by atoms with E-state index in [1.807, 2.05) is 0 Å². The molecular formula is C12H19NO4S2. The Morgan fingerprint density at radius 3 is 2.32 bits per heavy atom. The van der Waals surface area contributed by atoms with Crippen LogP contribution in [0.4, 0.5) is 5.69 Å². The van der Waals surface area contributed by atoms with Crippen LogP contribution in [0.15, 0.2) is 29.2 Å². The maximum absolute atomic E-state index is 11.9. The molecule has 0 saturated heterocycles. The van der Waals surface area contributed by atoms with Gasteiger partial charge in [0.2, 0.25) is 0 Å². The molecule has 0 heterocycles. The molecule has 0 aliphatic rings.